The molecule has 2 atom stereocenters. The van der Waals surface area contributed by atoms with Crippen molar-refractivity contribution in [3.8, 4) is 0 Å². The fraction of sp³-hybridized carbons (Fsp3) is 0.636. The lowest BCUT2D eigenvalue weighted by atomic mass is 9.98. The Labute approximate surface area is 98.3 Å². The lowest BCUT2D eigenvalue weighted by molar-refractivity contribution is 0.352. The Morgan fingerprint density at radius 2 is 2.25 bits per heavy atom. The van der Waals surface area contributed by atoms with Crippen molar-refractivity contribution in [1.82, 2.24) is 9.55 Å². The highest BCUT2D eigenvalue weighted by atomic mass is 35.5. The van der Waals surface area contributed by atoms with Gasteiger partial charge >= 0.3 is 5.69 Å². The summed E-state index contributed by atoms with van der Waals surface area (Å²) in [4.78, 5) is 25.6. The Kier molecular flexibility index (Phi) is 3.19. The number of H-pyrrole nitrogens is 1. The van der Waals surface area contributed by atoms with Gasteiger partial charge < -0.3 is 0 Å². The molecule has 4 nitrogen and oxygen atoms in total. The summed E-state index contributed by atoms with van der Waals surface area (Å²) in [6, 6.07) is 1.25. The summed E-state index contributed by atoms with van der Waals surface area (Å²) in [5, 5.41) is 0.103. The second-order valence-electron chi connectivity index (χ2n) is 4.54. The number of aromatic amines is 1. The SMILES string of the molecule is CC1CCCC1Cn1c(=O)cc(Cl)[nH]c1=O. The first-order valence-corrected chi connectivity index (χ1v) is 5.95. The van der Waals surface area contributed by atoms with Crippen molar-refractivity contribution in [2.75, 3.05) is 0 Å². The van der Waals surface area contributed by atoms with Gasteiger partial charge in [-0.05, 0) is 18.3 Å². The summed E-state index contributed by atoms with van der Waals surface area (Å²) in [5.74, 6) is 1.02. The third kappa shape index (κ3) is 2.21. The molecule has 1 aliphatic rings. The van der Waals surface area contributed by atoms with Crippen molar-refractivity contribution in [3.63, 3.8) is 0 Å². The molecule has 16 heavy (non-hydrogen) atoms. The minimum atomic E-state index is -0.406. The Bertz CT molecular complexity index is 460. The zero-order chi connectivity index (χ0) is 11.7. The van der Waals surface area contributed by atoms with Gasteiger partial charge in [0.05, 0.1) is 0 Å². The topological polar surface area (TPSA) is 54.9 Å². The van der Waals surface area contributed by atoms with E-state index in [4.69, 9.17) is 11.6 Å². The zero-order valence-electron chi connectivity index (χ0n) is 9.20. The Morgan fingerprint density at radius 3 is 2.81 bits per heavy atom. The van der Waals surface area contributed by atoms with Crippen LogP contribution < -0.4 is 11.2 Å². The van der Waals surface area contributed by atoms with Crippen molar-refractivity contribution < 1.29 is 0 Å². The minimum Gasteiger partial charge on any atom is -0.298 e. The molecule has 2 unspecified atom stereocenters. The maximum absolute atomic E-state index is 11.6. The Balaban J connectivity index is 2.28. The molecule has 1 aromatic rings. The van der Waals surface area contributed by atoms with E-state index in [-0.39, 0.29) is 10.7 Å². The molecule has 0 aliphatic heterocycles. The van der Waals surface area contributed by atoms with Crippen LogP contribution in [0.25, 0.3) is 0 Å². The van der Waals surface area contributed by atoms with Crippen molar-refractivity contribution >= 4 is 11.6 Å². The van der Waals surface area contributed by atoms with Gasteiger partial charge in [-0.3, -0.25) is 14.3 Å². The fourth-order valence-corrected chi connectivity index (χ4v) is 2.57. The molecular formula is C11H15ClN2O2. The lowest BCUT2D eigenvalue weighted by Gasteiger charge is -2.15. The van der Waals surface area contributed by atoms with Gasteiger partial charge in [-0.25, -0.2) is 4.79 Å². The van der Waals surface area contributed by atoms with E-state index >= 15 is 0 Å². The number of aromatic nitrogens is 2. The smallest absolute Gasteiger partial charge is 0.298 e. The number of halogens is 1. The van der Waals surface area contributed by atoms with Gasteiger partial charge in [-0.2, -0.15) is 0 Å². The van der Waals surface area contributed by atoms with E-state index in [1.807, 2.05) is 0 Å². The second kappa shape index (κ2) is 4.45. The third-order valence-corrected chi connectivity index (χ3v) is 3.65. The van der Waals surface area contributed by atoms with Crippen molar-refractivity contribution in [2.45, 2.75) is 32.7 Å². The summed E-state index contributed by atoms with van der Waals surface area (Å²) in [6.07, 6.45) is 3.46. The molecule has 1 aromatic heterocycles. The van der Waals surface area contributed by atoms with E-state index in [2.05, 4.69) is 11.9 Å². The average molecular weight is 243 g/mol. The molecular weight excluding hydrogens is 228 g/mol. The van der Waals surface area contributed by atoms with Crippen LogP contribution in [0.5, 0.6) is 0 Å². The van der Waals surface area contributed by atoms with Crippen LogP contribution in [-0.4, -0.2) is 9.55 Å². The first-order chi connectivity index (χ1) is 7.58. The van der Waals surface area contributed by atoms with Crippen LogP contribution in [0, 0.1) is 11.8 Å². The quantitative estimate of drug-likeness (QED) is 0.802. The van der Waals surface area contributed by atoms with Gasteiger partial charge in [0.1, 0.15) is 5.15 Å². The number of nitrogens with zero attached hydrogens (tertiary/aromatic N) is 1. The highest BCUT2D eigenvalue weighted by Gasteiger charge is 2.24. The molecule has 1 N–H and O–H groups in total. The largest absolute Gasteiger partial charge is 0.329 e. The van der Waals surface area contributed by atoms with Crippen molar-refractivity contribution in [1.29, 1.82) is 0 Å². The summed E-state index contributed by atoms with van der Waals surface area (Å²) >= 11 is 5.60. The number of rotatable bonds is 2. The first kappa shape index (κ1) is 11.5. The van der Waals surface area contributed by atoms with Crippen molar-refractivity contribution in [3.05, 3.63) is 32.1 Å². The molecule has 1 saturated carbocycles. The summed E-state index contributed by atoms with van der Waals surface area (Å²) < 4.78 is 1.25. The average Bonchev–Trinajstić information content (AvgIpc) is 2.57. The molecule has 1 heterocycles. The van der Waals surface area contributed by atoms with E-state index in [0.717, 1.165) is 6.42 Å². The lowest BCUT2D eigenvalue weighted by Crippen LogP contribution is -2.37. The molecule has 0 radical (unpaired) electrons. The number of hydrogen-bond donors (Lipinski definition) is 1. The van der Waals surface area contributed by atoms with Crippen LogP contribution in [0.1, 0.15) is 26.2 Å². The zero-order valence-corrected chi connectivity index (χ0v) is 9.96. The third-order valence-electron chi connectivity index (χ3n) is 3.44. The van der Waals surface area contributed by atoms with E-state index < -0.39 is 5.69 Å². The molecule has 0 saturated heterocycles. The molecule has 1 aliphatic carbocycles. The van der Waals surface area contributed by atoms with Crippen LogP contribution in [0.15, 0.2) is 15.7 Å². The fourth-order valence-electron chi connectivity index (χ4n) is 2.39. The van der Waals surface area contributed by atoms with Crippen LogP contribution in [-0.2, 0) is 6.54 Å². The van der Waals surface area contributed by atoms with Crippen LogP contribution >= 0.6 is 11.6 Å². The first-order valence-electron chi connectivity index (χ1n) is 5.57. The van der Waals surface area contributed by atoms with Gasteiger partial charge in [-0.1, -0.05) is 31.4 Å². The van der Waals surface area contributed by atoms with Crippen LogP contribution in [0.4, 0.5) is 0 Å². The van der Waals surface area contributed by atoms with E-state index in [0.29, 0.717) is 18.4 Å². The second-order valence-corrected chi connectivity index (χ2v) is 4.95. The highest BCUT2D eigenvalue weighted by molar-refractivity contribution is 6.29. The summed E-state index contributed by atoms with van der Waals surface area (Å²) in [7, 11) is 0. The normalized spacial score (nSPS) is 24.9. The van der Waals surface area contributed by atoms with E-state index in [1.54, 1.807) is 0 Å². The van der Waals surface area contributed by atoms with Crippen molar-refractivity contribution in [2.24, 2.45) is 11.8 Å². The van der Waals surface area contributed by atoms with Gasteiger partial charge in [0.2, 0.25) is 0 Å². The molecule has 0 amide bonds. The highest BCUT2D eigenvalue weighted by Crippen LogP contribution is 2.31. The standard InChI is InChI=1S/C11H15ClN2O2/c1-7-3-2-4-8(7)6-14-10(15)5-9(12)13-11(14)16/h5,7-8H,2-4,6H2,1H3,(H,13,16). The van der Waals surface area contributed by atoms with Crippen LogP contribution in [0.3, 0.4) is 0 Å². The monoisotopic (exact) mass is 242 g/mol. The summed E-state index contributed by atoms with van der Waals surface area (Å²) in [6.45, 7) is 2.68. The molecule has 1 fully saturated rings. The van der Waals surface area contributed by atoms with Gasteiger partial charge in [0.25, 0.3) is 5.56 Å². The minimum absolute atomic E-state index is 0.103. The number of hydrogen-bond acceptors (Lipinski definition) is 2. The predicted octanol–water partition coefficient (Wildman–Crippen LogP) is 1.63. The Morgan fingerprint density at radius 1 is 1.50 bits per heavy atom. The maximum atomic E-state index is 11.6. The molecule has 0 spiro atoms. The molecule has 2 rings (SSSR count). The number of nitrogens with one attached hydrogen (secondary N) is 1. The van der Waals surface area contributed by atoms with Gasteiger partial charge in [0.15, 0.2) is 0 Å². The van der Waals surface area contributed by atoms with E-state index in [1.165, 1.54) is 23.5 Å². The molecule has 5 heteroatoms. The maximum Gasteiger partial charge on any atom is 0.329 e. The van der Waals surface area contributed by atoms with E-state index in [9.17, 15) is 9.59 Å². The Hall–Kier alpha value is -1.03. The molecule has 88 valence electrons. The van der Waals surface area contributed by atoms with Crippen LogP contribution in [0.2, 0.25) is 5.15 Å². The van der Waals surface area contributed by atoms with Gasteiger partial charge in [0, 0.05) is 12.6 Å². The predicted molar refractivity (Wildman–Crippen MR) is 62.8 cm³/mol. The molecule has 0 bridgehead atoms. The molecule has 0 aromatic carbocycles. The summed E-state index contributed by atoms with van der Waals surface area (Å²) in [5.41, 5.74) is -0.718. The van der Waals surface area contributed by atoms with Gasteiger partial charge in [-0.15, -0.1) is 0 Å².